The fourth-order valence-corrected chi connectivity index (χ4v) is 1.32. The van der Waals surface area contributed by atoms with Crippen LogP contribution in [0.4, 0.5) is 0 Å². The molecule has 0 spiro atoms. The minimum atomic E-state index is 0.484. The molecular formula is C11H15NO. The molecule has 1 aromatic rings. The number of benzene rings is 1. The highest BCUT2D eigenvalue weighted by Gasteiger charge is 2.24. The number of para-hydroxylation sites is 1. The van der Waals surface area contributed by atoms with Crippen molar-refractivity contribution in [1.82, 2.24) is 5.32 Å². The lowest BCUT2D eigenvalue weighted by Crippen LogP contribution is -2.08. The summed E-state index contributed by atoms with van der Waals surface area (Å²) in [7, 11) is 1.95. The van der Waals surface area contributed by atoms with Gasteiger partial charge in [-0.05, 0) is 26.0 Å². The smallest absolute Gasteiger partial charge is 0.124 e. The molecule has 1 aliphatic rings. The van der Waals surface area contributed by atoms with Crippen molar-refractivity contribution in [2.75, 3.05) is 7.05 Å². The van der Waals surface area contributed by atoms with Crippen LogP contribution in [0.1, 0.15) is 18.4 Å². The zero-order chi connectivity index (χ0) is 9.10. The largest absolute Gasteiger partial charge is 0.490 e. The third kappa shape index (κ3) is 2.22. The van der Waals surface area contributed by atoms with E-state index < -0.39 is 0 Å². The van der Waals surface area contributed by atoms with Gasteiger partial charge in [-0.1, -0.05) is 18.2 Å². The number of nitrogens with one attached hydrogen (secondary N) is 1. The lowest BCUT2D eigenvalue weighted by atomic mass is 10.2. The number of hydrogen-bond donors (Lipinski definition) is 1. The Hall–Kier alpha value is -1.02. The Kier molecular flexibility index (Phi) is 2.50. The molecule has 0 saturated heterocycles. The van der Waals surface area contributed by atoms with Gasteiger partial charge in [-0.25, -0.2) is 0 Å². The fourth-order valence-electron chi connectivity index (χ4n) is 1.32. The molecule has 1 saturated carbocycles. The zero-order valence-corrected chi connectivity index (χ0v) is 7.92. The average molecular weight is 177 g/mol. The van der Waals surface area contributed by atoms with Gasteiger partial charge in [0.05, 0.1) is 6.10 Å². The molecular weight excluding hydrogens is 162 g/mol. The van der Waals surface area contributed by atoms with Gasteiger partial charge in [0.15, 0.2) is 0 Å². The first-order valence-electron chi connectivity index (χ1n) is 4.79. The monoisotopic (exact) mass is 177 g/mol. The van der Waals surface area contributed by atoms with E-state index >= 15 is 0 Å². The van der Waals surface area contributed by atoms with Crippen molar-refractivity contribution in [2.45, 2.75) is 25.5 Å². The third-order valence-electron chi connectivity index (χ3n) is 2.16. The fraction of sp³-hybridized carbons (Fsp3) is 0.455. The van der Waals surface area contributed by atoms with Crippen molar-refractivity contribution in [2.24, 2.45) is 0 Å². The van der Waals surface area contributed by atoms with Crippen LogP contribution in [0.25, 0.3) is 0 Å². The predicted octanol–water partition coefficient (Wildman–Crippen LogP) is 1.95. The normalized spacial score (nSPS) is 15.8. The zero-order valence-electron chi connectivity index (χ0n) is 7.92. The Labute approximate surface area is 78.9 Å². The predicted molar refractivity (Wildman–Crippen MR) is 52.9 cm³/mol. The first-order valence-corrected chi connectivity index (χ1v) is 4.79. The van der Waals surface area contributed by atoms with Crippen molar-refractivity contribution >= 4 is 0 Å². The molecule has 0 bridgehead atoms. The molecule has 1 N–H and O–H groups in total. The summed E-state index contributed by atoms with van der Waals surface area (Å²) in [6, 6.07) is 8.22. The summed E-state index contributed by atoms with van der Waals surface area (Å²) >= 11 is 0. The molecule has 1 aromatic carbocycles. The number of rotatable bonds is 4. The molecule has 0 atom stereocenters. The van der Waals surface area contributed by atoms with Gasteiger partial charge in [-0.15, -0.1) is 0 Å². The second-order valence-corrected chi connectivity index (χ2v) is 3.46. The molecule has 13 heavy (non-hydrogen) atoms. The van der Waals surface area contributed by atoms with Gasteiger partial charge in [0.2, 0.25) is 0 Å². The van der Waals surface area contributed by atoms with Gasteiger partial charge in [-0.2, -0.15) is 0 Å². The lowest BCUT2D eigenvalue weighted by Gasteiger charge is -2.09. The Morgan fingerprint density at radius 3 is 2.85 bits per heavy atom. The maximum absolute atomic E-state index is 5.77. The van der Waals surface area contributed by atoms with Crippen LogP contribution in [0.15, 0.2) is 24.3 Å². The molecule has 1 aliphatic carbocycles. The molecule has 2 heteroatoms. The van der Waals surface area contributed by atoms with Crippen molar-refractivity contribution < 1.29 is 4.74 Å². The third-order valence-corrected chi connectivity index (χ3v) is 2.16. The molecule has 0 radical (unpaired) electrons. The van der Waals surface area contributed by atoms with Crippen molar-refractivity contribution in [3.8, 4) is 5.75 Å². The summed E-state index contributed by atoms with van der Waals surface area (Å²) in [6.07, 6.45) is 2.92. The highest BCUT2D eigenvalue weighted by atomic mass is 16.5. The second kappa shape index (κ2) is 3.79. The maximum atomic E-state index is 5.77. The van der Waals surface area contributed by atoms with E-state index in [2.05, 4.69) is 11.4 Å². The van der Waals surface area contributed by atoms with Gasteiger partial charge < -0.3 is 10.1 Å². The summed E-state index contributed by atoms with van der Waals surface area (Å²) in [6.45, 7) is 0.878. The Morgan fingerprint density at radius 2 is 2.15 bits per heavy atom. The topological polar surface area (TPSA) is 21.3 Å². The summed E-state index contributed by atoms with van der Waals surface area (Å²) < 4.78 is 5.77. The van der Waals surface area contributed by atoms with Crippen LogP contribution in [-0.2, 0) is 6.54 Å². The SMILES string of the molecule is CNCc1ccccc1OC1CC1. The van der Waals surface area contributed by atoms with Gasteiger partial charge in [0, 0.05) is 12.1 Å². The Balaban J connectivity index is 2.10. The first-order chi connectivity index (χ1) is 6.40. The van der Waals surface area contributed by atoms with E-state index in [1.54, 1.807) is 0 Å². The van der Waals surface area contributed by atoms with E-state index in [1.165, 1.54) is 18.4 Å². The van der Waals surface area contributed by atoms with Crippen molar-refractivity contribution in [3.63, 3.8) is 0 Å². The van der Waals surface area contributed by atoms with Gasteiger partial charge in [0.25, 0.3) is 0 Å². The molecule has 0 aliphatic heterocycles. The van der Waals surface area contributed by atoms with Crippen LogP contribution in [0.3, 0.4) is 0 Å². The maximum Gasteiger partial charge on any atom is 0.124 e. The van der Waals surface area contributed by atoms with Crippen molar-refractivity contribution in [1.29, 1.82) is 0 Å². The summed E-state index contributed by atoms with van der Waals surface area (Å²) in [4.78, 5) is 0. The quantitative estimate of drug-likeness (QED) is 0.759. The standard InChI is InChI=1S/C11H15NO/c1-12-8-9-4-2-3-5-11(9)13-10-6-7-10/h2-5,10,12H,6-8H2,1H3. The van der Waals surface area contributed by atoms with Crippen LogP contribution < -0.4 is 10.1 Å². The van der Waals surface area contributed by atoms with Crippen LogP contribution in [-0.4, -0.2) is 13.2 Å². The van der Waals surface area contributed by atoms with Crippen LogP contribution in [0.5, 0.6) is 5.75 Å². The van der Waals surface area contributed by atoms with Gasteiger partial charge in [0.1, 0.15) is 5.75 Å². The van der Waals surface area contributed by atoms with Crippen LogP contribution in [0.2, 0.25) is 0 Å². The molecule has 0 aromatic heterocycles. The van der Waals surface area contributed by atoms with Crippen LogP contribution in [0, 0.1) is 0 Å². The van der Waals surface area contributed by atoms with E-state index in [1.807, 2.05) is 25.2 Å². The van der Waals surface area contributed by atoms with Crippen molar-refractivity contribution in [3.05, 3.63) is 29.8 Å². The lowest BCUT2D eigenvalue weighted by molar-refractivity contribution is 0.299. The summed E-state index contributed by atoms with van der Waals surface area (Å²) in [5.74, 6) is 1.04. The molecule has 0 heterocycles. The number of ether oxygens (including phenoxy) is 1. The minimum absolute atomic E-state index is 0.484. The Morgan fingerprint density at radius 1 is 1.38 bits per heavy atom. The first kappa shape index (κ1) is 8.57. The van der Waals surface area contributed by atoms with E-state index in [-0.39, 0.29) is 0 Å². The summed E-state index contributed by atoms with van der Waals surface area (Å²) in [5.41, 5.74) is 1.25. The van der Waals surface area contributed by atoms with E-state index in [0.717, 1.165) is 12.3 Å². The van der Waals surface area contributed by atoms with E-state index in [9.17, 15) is 0 Å². The molecule has 0 amide bonds. The van der Waals surface area contributed by atoms with Gasteiger partial charge in [-0.3, -0.25) is 0 Å². The molecule has 1 fully saturated rings. The highest BCUT2D eigenvalue weighted by molar-refractivity contribution is 5.33. The van der Waals surface area contributed by atoms with Gasteiger partial charge >= 0.3 is 0 Å². The van der Waals surface area contributed by atoms with Crippen LogP contribution >= 0.6 is 0 Å². The molecule has 2 nitrogen and oxygen atoms in total. The Bertz CT molecular complexity index is 281. The molecule has 70 valence electrons. The summed E-state index contributed by atoms with van der Waals surface area (Å²) in [5, 5.41) is 3.14. The minimum Gasteiger partial charge on any atom is -0.490 e. The number of hydrogen-bond acceptors (Lipinski definition) is 2. The average Bonchev–Trinajstić information content (AvgIpc) is 2.93. The van der Waals surface area contributed by atoms with E-state index in [4.69, 9.17) is 4.74 Å². The molecule has 2 rings (SSSR count). The van der Waals surface area contributed by atoms with E-state index in [0.29, 0.717) is 6.10 Å². The second-order valence-electron chi connectivity index (χ2n) is 3.46. The molecule has 0 unspecified atom stereocenters. The highest BCUT2D eigenvalue weighted by Crippen LogP contribution is 2.28.